The molecule has 3 aromatic rings. The molecule has 1 amide bonds. The van der Waals surface area contributed by atoms with Gasteiger partial charge in [0.1, 0.15) is 0 Å². The molecule has 1 aliphatic rings. The molecule has 0 aliphatic heterocycles. The van der Waals surface area contributed by atoms with Gasteiger partial charge in [-0.3, -0.25) is 4.79 Å². The molecule has 1 N–H and O–H groups in total. The molecular weight excluding hydrogens is 326 g/mol. The molecule has 0 saturated heterocycles. The van der Waals surface area contributed by atoms with Gasteiger partial charge in [0.15, 0.2) is 0 Å². The fraction of sp³-hybridized carbons (Fsp3) is 0.400. The van der Waals surface area contributed by atoms with Crippen molar-refractivity contribution in [2.75, 3.05) is 6.54 Å². The van der Waals surface area contributed by atoms with E-state index in [9.17, 15) is 4.79 Å². The minimum Gasteiger partial charge on any atom is -0.349 e. The van der Waals surface area contributed by atoms with Crippen LogP contribution < -0.4 is 5.32 Å². The predicted octanol–water partition coefficient (Wildman–Crippen LogP) is 3.14. The number of hydrogen-bond acceptors (Lipinski definition) is 4. The van der Waals surface area contributed by atoms with Crippen LogP contribution in [0.3, 0.4) is 0 Å². The van der Waals surface area contributed by atoms with Gasteiger partial charge in [-0.25, -0.2) is 9.50 Å². The summed E-state index contributed by atoms with van der Waals surface area (Å²) in [7, 11) is 0. The van der Waals surface area contributed by atoms with Crippen molar-refractivity contribution in [3.63, 3.8) is 0 Å². The molecule has 1 aromatic carbocycles. The Bertz CT molecular complexity index is 897. The molecule has 0 unspecified atom stereocenters. The molecule has 1 fully saturated rings. The Morgan fingerprint density at radius 3 is 2.65 bits per heavy atom. The number of aryl methyl sites for hydroxylation is 1. The lowest BCUT2D eigenvalue weighted by molar-refractivity contribution is 0.0932. The summed E-state index contributed by atoms with van der Waals surface area (Å²) in [4.78, 5) is 20.7. The van der Waals surface area contributed by atoms with Crippen LogP contribution in [-0.4, -0.2) is 32.0 Å². The average molecular weight is 349 g/mol. The van der Waals surface area contributed by atoms with Crippen LogP contribution in [-0.2, 0) is 0 Å². The van der Waals surface area contributed by atoms with Gasteiger partial charge < -0.3 is 5.32 Å². The van der Waals surface area contributed by atoms with Gasteiger partial charge in [-0.1, -0.05) is 30.3 Å². The zero-order valence-electron chi connectivity index (χ0n) is 14.9. The lowest BCUT2D eigenvalue weighted by atomic mass is 9.79. The van der Waals surface area contributed by atoms with Crippen molar-refractivity contribution in [2.24, 2.45) is 5.92 Å². The first-order valence-electron chi connectivity index (χ1n) is 9.22. The largest absolute Gasteiger partial charge is 0.349 e. The summed E-state index contributed by atoms with van der Waals surface area (Å²) in [5, 5.41) is 7.26. The molecule has 2 aromatic heterocycles. The van der Waals surface area contributed by atoms with Gasteiger partial charge in [0.05, 0.1) is 0 Å². The Morgan fingerprint density at radius 2 is 1.92 bits per heavy atom. The normalized spacial score (nSPS) is 20.2. The van der Waals surface area contributed by atoms with Crippen LogP contribution in [0.5, 0.6) is 0 Å². The summed E-state index contributed by atoms with van der Waals surface area (Å²) in [6.45, 7) is 2.60. The Balaban J connectivity index is 1.31. The van der Waals surface area contributed by atoms with E-state index in [1.807, 2.05) is 13.0 Å². The zero-order valence-corrected chi connectivity index (χ0v) is 14.9. The molecule has 4 rings (SSSR count). The SMILES string of the molecule is Cc1ccnc2nc(C(=O)NCC3CCC(c4ccccc4)CC3)nn12. The fourth-order valence-corrected chi connectivity index (χ4v) is 3.74. The van der Waals surface area contributed by atoms with Crippen LogP contribution in [0.25, 0.3) is 5.78 Å². The molecule has 1 saturated carbocycles. The topological polar surface area (TPSA) is 72.2 Å². The number of aromatic nitrogens is 4. The Hall–Kier alpha value is -2.76. The van der Waals surface area contributed by atoms with Gasteiger partial charge in [0, 0.05) is 18.4 Å². The highest BCUT2D eigenvalue weighted by Crippen LogP contribution is 2.35. The summed E-state index contributed by atoms with van der Waals surface area (Å²) in [6.07, 6.45) is 6.31. The van der Waals surface area contributed by atoms with Gasteiger partial charge in [-0.2, -0.15) is 4.98 Å². The minimum atomic E-state index is -0.222. The summed E-state index contributed by atoms with van der Waals surface area (Å²) >= 11 is 0. The number of carbonyl (C=O) groups excluding carboxylic acids is 1. The van der Waals surface area contributed by atoms with Crippen LogP contribution in [0.15, 0.2) is 42.6 Å². The number of nitrogens with zero attached hydrogens (tertiary/aromatic N) is 4. The summed E-state index contributed by atoms with van der Waals surface area (Å²) < 4.78 is 1.60. The van der Waals surface area contributed by atoms with Gasteiger partial charge in [-0.05, 0) is 56.1 Å². The molecule has 0 atom stereocenters. The molecule has 6 nitrogen and oxygen atoms in total. The third kappa shape index (κ3) is 3.45. The Kier molecular flexibility index (Phi) is 4.65. The Morgan fingerprint density at radius 1 is 1.15 bits per heavy atom. The van der Waals surface area contributed by atoms with Crippen molar-refractivity contribution in [1.29, 1.82) is 0 Å². The third-order valence-electron chi connectivity index (χ3n) is 5.30. The smallest absolute Gasteiger partial charge is 0.291 e. The molecule has 26 heavy (non-hydrogen) atoms. The van der Waals surface area contributed by atoms with Crippen LogP contribution in [0.4, 0.5) is 0 Å². The maximum atomic E-state index is 12.4. The number of benzene rings is 1. The van der Waals surface area contributed by atoms with Crippen molar-refractivity contribution in [3.05, 3.63) is 59.7 Å². The molecule has 134 valence electrons. The van der Waals surface area contributed by atoms with E-state index in [1.165, 1.54) is 18.4 Å². The molecule has 2 heterocycles. The number of amides is 1. The van der Waals surface area contributed by atoms with E-state index in [1.54, 1.807) is 10.7 Å². The lowest BCUT2D eigenvalue weighted by Crippen LogP contribution is -2.31. The summed E-state index contributed by atoms with van der Waals surface area (Å²) in [6, 6.07) is 12.6. The highest BCUT2D eigenvalue weighted by molar-refractivity contribution is 5.90. The number of rotatable bonds is 4. The zero-order chi connectivity index (χ0) is 17.9. The average Bonchev–Trinajstić information content (AvgIpc) is 3.13. The van der Waals surface area contributed by atoms with E-state index in [-0.39, 0.29) is 11.7 Å². The van der Waals surface area contributed by atoms with E-state index in [4.69, 9.17) is 0 Å². The van der Waals surface area contributed by atoms with Gasteiger partial charge in [-0.15, -0.1) is 5.10 Å². The van der Waals surface area contributed by atoms with Gasteiger partial charge >= 0.3 is 0 Å². The second kappa shape index (κ2) is 7.23. The van der Waals surface area contributed by atoms with Crippen molar-refractivity contribution in [2.45, 2.75) is 38.5 Å². The predicted molar refractivity (Wildman–Crippen MR) is 99.0 cm³/mol. The third-order valence-corrected chi connectivity index (χ3v) is 5.30. The monoisotopic (exact) mass is 349 g/mol. The van der Waals surface area contributed by atoms with E-state index >= 15 is 0 Å². The van der Waals surface area contributed by atoms with Crippen LogP contribution in [0, 0.1) is 12.8 Å². The summed E-state index contributed by atoms with van der Waals surface area (Å²) in [5.74, 6) is 1.59. The van der Waals surface area contributed by atoms with E-state index < -0.39 is 0 Å². The van der Waals surface area contributed by atoms with Gasteiger partial charge in [0.25, 0.3) is 11.7 Å². The number of nitrogens with one attached hydrogen (secondary N) is 1. The highest BCUT2D eigenvalue weighted by Gasteiger charge is 2.23. The minimum absolute atomic E-state index is 0.185. The quantitative estimate of drug-likeness (QED) is 0.785. The molecule has 6 heteroatoms. The fourth-order valence-electron chi connectivity index (χ4n) is 3.74. The first kappa shape index (κ1) is 16.7. The number of hydrogen-bond donors (Lipinski definition) is 1. The first-order chi connectivity index (χ1) is 12.7. The molecular formula is C20H23N5O. The maximum Gasteiger partial charge on any atom is 0.291 e. The standard InChI is InChI=1S/C20H23N5O/c1-14-11-12-21-20-23-18(24-25(14)20)19(26)22-13-15-7-9-17(10-8-15)16-5-3-2-4-6-16/h2-6,11-12,15,17H,7-10,13H2,1H3,(H,22,26). The molecule has 1 aliphatic carbocycles. The molecule has 0 spiro atoms. The van der Waals surface area contributed by atoms with E-state index in [2.05, 4.69) is 50.7 Å². The second-order valence-corrected chi connectivity index (χ2v) is 7.07. The van der Waals surface area contributed by atoms with E-state index in [0.717, 1.165) is 18.5 Å². The van der Waals surface area contributed by atoms with Crippen LogP contribution in [0.2, 0.25) is 0 Å². The maximum absolute atomic E-state index is 12.4. The Labute approximate surface area is 152 Å². The van der Waals surface area contributed by atoms with Crippen molar-refractivity contribution >= 4 is 11.7 Å². The second-order valence-electron chi connectivity index (χ2n) is 7.07. The molecule has 0 radical (unpaired) electrons. The van der Waals surface area contributed by atoms with Crippen LogP contribution >= 0.6 is 0 Å². The summed E-state index contributed by atoms with van der Waals surface area (Å²) in [5.41, 5.74) is 2.34. The van der Waals surface area contributed by atoms with Crippen molar-refractivity contribution in [1.82, 2.24) is 24.9 Å². The molecule has 0 bridgehead atoms. The number of fused-ring (bicyclic) bond motifs is 1. The van der Waals surface area contributed by atoms with E-state index in [0.29, 0.717) is 24.2 Å². The number of carbonyl (C=O) groups is 1. The highest BCUT2D eigenvalue weighted by atomic mass is 16.2. The first-order valence-corrected chi connectivity index (χ1v) is 9.22. The van der Waals surface area contributed by atoms with Crippen LogP contribution in [0.1, 0.15) is 53.5 Å². The van der Waals surface area contributed by atoms with Crippen molar-refractivity contribution < 1.29 is 4.79 Å². The van der Waals surface area contributed by atoms with Crippen molar-refractivity contribution in [3.8, 4) is 0 Å². The van der Waals surface area contributed by atoms with Gasteiger partial charge in [0.2, 0.25) is 5.82 Å². The lowest BCUT2D eigenvalue weighted by Gasteiger charge is -2.28.